The summed E-state index contributed by atoms with van der Waals surface area (Å²) < 4.78 is 18.7. The zero-order valence-electron chi connectivity index (χ0n) is 10.1. The molecule has 3 nitrogen and oxygen atoms in total. The topological polar surface area (TPSA) is 52.3 Å². The molecule has 0 spiro atoms. The van der Waals surface area contributed by atoms with Crippen LogP contribution in [0.25, 0.3) is 0 Å². The van der Waals surface area contributed by atoms with Crippen LogP contribution in [-0.4, -0.2) is 12.9 Å². The Hall–Kier alpha value is -2.07. The van der Waals surface area contributed by atoms with E-state index in [0.29, 0.717) is 10.8 Å². The van der Waals surface area contributed by atoms with E-state index in [4.69, 9.17) is 22.1 Å². The molecule has 2 rings (SSSR count). The number of ketones is 1. The standard InChI is InChI=1S/C14H11ClFNO2/c1-19-9-3-4-10(12(16)7-9)14(18)8-2-5-11(15)13(17)6-8/h2-7H,17H2,1H3. The lowest BCUT2D eigenvalue weighted by Crippen LogP contribution is -2.05. The SMILES string of the molecule is COc1ccc(C(=O)c2ccc(Cl)c(N)c2)c(F)c1. The van der Waals surface area contributed by atoms with Gasteiger partial charge >= 0.3 is 0 Å². The molecule has 0 heterocycles. The van der Waals surface area contributed by atoms with Gasteiger partial charge in [0.15, 0.2) is 5.78 Å². The number of rotatable bonds is 3. The first-order valence-corrected chi connectivity index (χ1v) is 5.84. The Bertz CT molecular complexity index is 643. The van der Waals surface area contributed by atoms with E-state index in [1.54, 1.807) is 0 Å². The van der Waals surface area contributed by atoms with Crippen LogP contribution >= 0.6 is 11.6 Å². The van der Waals surface area contributed by atoms with Crippen LogP contribution in [0.15, 0.2) is 36.4 Å². The first-order chi connectivity index (χ1) is 9.02. The van der Waals surface area contributed by atoms with E-state index in [1.807, 2.05) is 0 Å². The minimum atomic E-state index is -0.641. The molecule has 0 unspecified atom stereocenters. The van der Waals surface area contributed by atoms with Gasteiger partial charge in [0.25, 0.3) is 0 Å². The average Bonchev–Trinajstić information content (AvgIpc) is 2.41. The summed E-state index contributed by atoms with van der Waals surface area (Å²) in [6.07, 6.45) is 0. The first kappa shape index (κ1) is 13.4. The van der Waals surface area contributed by atoms with E-state index in [2.05, 4.69) is 0 Å². The lowest BCUT2D eigenvalue weighted by molar-refractivity contribution is 0.103. The zero-order chi connectivity index (χ0) is 14.0. The number of hydrogen-bond acceptors (Lipinski definition) is 3. The Morgan fingerprint density at radius 3 is 2.58 bits per heavy atom. The third kappa shape index (κ3) is 2.69. The molecule has 98 valence electrons. The molecule has 0 saturated carbocycles. The number of carbonyl (C=O) groups excluding carboxylic acids is 1. The van der Waals surface area contributed by atoms with E-state index in [1.165, 1.54) is 37.4 Å². The van der Waals surface area contributed by atoms with Crippen molar-refractivity contribution in [1.82, 2.24) is 0 Å². The maximum atomic E-state index is 13.8. The molecular weight excluding hydrogens is 269 g/mol. The fraction of sp³-hybridized carbons (Fsp3) is 0.0714. The van der Waals surface area contributed by atoms with Gasteiger partial charge in [0.05, 0.1) is 23.4 Å². The molecule has 0 aliphatic rings. The molecule has 0 aromatic heterocycles. The number of anilines is 1. The van der Waals surface area contributed by atoms with Gasteiger partial charge in [-0.25, -0.2) is 4.39 Å². The molecule has 0 aliphatic heterocycles. The van der Waals surface area contributed by atoms with Crippen LogP contribution in [0, 0.1) is 5.82 Å². The maximum Gasteiger partial charge on any atom is 0.196 e. The lowest BCUT2D eigenvalue weighted by atomic mass is 10.0. The van der Waals surface area contributed by atoms with Gasteiger partial charge in [-0.15, -0.1) is 0 Å². The highest BCUT2D eigenvalue weighted by atomic mass is 35.5. The fourth-order valence-electron chi connectivity index (χ4n) is 1.65. The van der Waals surface area contributed by atoms with E-state index in [-0.39, 0.29) is 16.8 Å². The summed E-state index contributed by atoms with van der Waals surface area (Å²) in [5.74, 6) is -0.744. The third-order valence-corrected chi connectivity index (χ3v) is 3.02. The molecule has 0 fully saturated rings. The molecule has 0 saturated heterocycles. The quantitative estimate of drug-likeness (QED) is 0.693. The highest BCUT2D eigenvalue weighted by Gasteiger charge is 2.15. The van der Waals surface area contributed by atoms with Gasteiger partial charge in [-0.1, -0.05) is 11.6 Å². The highest BCUT2D eigenvalue weighted by Crippen LogP contribution is 2.23. The smallest absolute Gasteiger partial charge is 0.196 e. The van der Waals surface area contributed by atoms with Crippen molar-refractivity contribution >= 4 is 23.1 Å². The first-order valence-electron chi connectivity index (χ1n) is 5.46. The molecule has 0 radical (unpaired) electrons. The van der Waals surface area contributed by atoms with Gasteiger partial charge < -0.3 is 10.5 Å². The normalized spacial score (nSPS) is 10.3. The number of nitrogen functional groups attached to an aromatic ring is 1. The second-order valence-electron chi connectivity index (χ2n) is 3.91. The van der Waals surface area contributed by atoms with Gasteiger partial charge in [0.1, 0.15) is 11.6 Å². The Labute approximate surface area is 114 Å². The van der Waals surface area contributed by atoms with Crippen molar-refractivity contribution in [1.29, 1.82) is 0 Å². The van der Waals surface area contributed by atoms with Crippen LogP contribution in [0.2, 0.25) is 5.02 Å². The predicted octanol–water partition coefficient (Wildman–Crippen LogP) is 3.30. The predicted molar refractivity (Wildman–Crippen MR) is 72.2 cm³/mol. The average molecular weight is 280 g/mol. The van der Waals surface area contributed by atoms with Crippen LogP contribution in [-0.2, 0) is 0 Å². The molecular formula is C14H11ClFNO2. The Morgan fingerprint density at radius 2 is 2.00 bits per heavy atom. The zero-order valence-corrected chi connectivity index (χ0v) is 10.9. The summed E-state index contributed by atoms with van der Waals surface area (Å²) in [4.78, 5) is 12.2. The highest BCUT2D eigenvalue weighted by molar-refractivity contribution is 6.33. The molecule has 0 aliphatic carbocycles. The van der Waals surface area contributed by atoms with E-state index in [0.717, 1.165) is 6.07 Å². The second-order valence-corrected chi connectivity index (χ2v) is 4.32. The van der Waals surface area contributed by atoms with Crippen LogP contribution in [0.4, 0.5) is 10.1 Å². The molecule has 2 aromatic carbocycles. The molecule has 19 heavy (non-hydrogen) atoms. The second kappa shape index (κ2) is 5.28. The van der Waals surface area contributed by atoms with Gasteiger partial charge in [0, 0.05) is 11.6 Å². The number of ether oxygens (including phenoxy) is 1. The summed E-state index contributed by atoms with van der Waals surface area (Å²) in [6, 6.07) is 8.49. The Kier molecular flexibility index (Phi) is 3.71. The molecule has 0 bridgehead atoms. The van der Waals surface area contributed by atoms with Crippen molar-refractivity contribution in [2.24, 2.45) is 0 Å². The van der Waals surface area contributed by atoms with Crippen molar-refractivity contribution in [2.75, 3.05) is 12.8 Å². The number of benzene rings is 2. The van der Waals surface area contributed by atoms with Crippen molar-refractivity contribution < 1.29 is 13.9 Å². The van der Waals surface area contributed by atoms with Crippen molar-refractivity contribution in [3.05, 3.63) is 58.4 Å². The number of hydrogen-bond donors (Lipinski definition) is 1. The van der Waals surface area contributed by atoms with Gasteiger partial charge in [-0.05, 0) is 30.3 Å². The summed E-state index contributed by atoms with van der Waals surface area (Å²) >= 11 is 5.78. The molecule has 2 aromatic rings. The number of carbonyl (C=O) groups is 1. The van der Waals surface area contributed by atoms with Crippen LogP contribution in [0.1, 0.15) is 15.9 Å². The summed E-state index contributed by atoms with van der Waals surface area (Å²) in [5.41, 5.74) is 6.15. The minimum absolute atomic E-state index is 0.0393. The maximum absolute atomic E-state index is 13.8. The lowest BCUT2D eigenvalue weighted by Gasteiger charge is -2.06. The minimum Gasteiger partial charge on any atom is -0.497 e. The Morgan fingerprint density at radius 1 is 1.26 bits per heavy atom. The van der Waals surface area contributed by atoms with Crippen molar-refractivity contribution in [3.63, 3.8) is 0 Å². The van der Waals surface area contributed by atoms with E-state index < -0.39 is 11.6 Å². The van der Waals surface area contributed by atoms with E-state index >= 15 is 0 Å². The fourth-order valence-corrected chi connectivity index (χ4v) is 1.76. The van der Waals surface area contributed by atoms with E-state index in [9.17, 15) is 9.18 Å². The van der Waals surface area contributed by atoms with Crippen molar-refractivity contribution in [3.8, 4) is 5.75 Å². The number of methoxy groups -OCH3 is 1. The molecule has 0 amide bonds. The van der Waals surface area contributed by atoms with Gasteiger partial charge in [-0.3, -0.25) is 4.79 Å². The molecule has 0 atom stereocenters. The summed E-state index contributed by atoms with van der Waals surface area (Å²) in [5, 5.41) is 0.353. The van der Waals surface area contributed by atoms with Gasteiger partial charge in [0.2, 0.25) is 0 Å². The van der Waals surface area contributed by atoms with Gasteiger partial charge in [-0.2, -0.15) is 0 Å². The Balaban J connectivity index is 2.41. The van der Waals surface area contributed by atoms with Crippen LogP contribution < -0.4 is 10.5 Å². The monoisotopic (exact) mass is 279 g/mol. The third-order valence-electron chi connectivity index (χ3n) is 2.68. The summed E-state index contributed by atoms with van der Waals surface area (Å²) in [7, 11) is 1.43. The molecule has 5 heteroatoms. The molecule has 2 N–H and O–H groups in total. The summed E-state index contributed by atoms with van der Waals surface area (Å²) in [6.45, 7) is 0. The number of halogens is 2. The largest absolute Gasteiger partial charge is 0.497 e. The van der Waals surface area contributed by atoms with Crippen molar-refractivity contribution in [2.45, 2.75) is 0 Å². The van der Waals surface area contributed by atoms with Crippen LogP contribution in [0.5, 0.6) is 5.75 Å². The van der Waals surface area contributed by atoms with Crippen LogP contribution in [0.3, 0.4) is 0 Å². The number of nitrogens with two attached hydrogens (primary N) is 1.